The number of hydrazone groups is 1. The highest BCUT2D eigenvalue weighted by atomic mass is 16.6. The Morgan fingerprint density at radius 3 is 2.88 bits per heavy atom. The van der Waals surface area contributed by atoms with E-state index in [1.807, 2.05) is 0 Å². The fourth-order valence-corrected chi connectivity index (χ4v) is 3.33. The summed E-state index contributed by atoms with van der Waals surface area (Å²) in [4.78, 5) is 16.3. The lowest BCUT2D eigenvalue weighted by molar-refractivity contribution is -0.918. The molecule has 3 aromatic rings. The van der Waals surface area contributed by atoms with Crippen molar-refractivity contribution >= 4 is 17.9 Å². The number of carbonyl (C=O) groups is 1. The monoisotopic (exact) mass is 442 g/mol. The summed E-state index contributed by atoms with van der Waals surface area (Å²) in [5.74, 6) is -1.32. The number of anilines is 1. The lowest BCUT2D eigenvalue weighted by Gasteiger charge is -2.29. The number of nitrogen functional groups attached to an aromatic ring is 1. The number of carbonyl (C=O) groups excluding carboxylic acids is 1. The van der Waals surface area contributed by atoms with Crippen LogP contribution in [0.3, 0.4) is 0 Å². The molecular weight excluding hydrogens is 420 g/mol. The Morgan fingerprint density at radius 2 is 2.19 bits per heavy atom. The van der Waals surface area contributed by atoms with Gasteiger partial charge in [-0.05, 0) is 29.0 Å². The number of nitrogens with two attached hydrogens (primary N) is 1. The van der Waals surface area contributed by atoms with Crippen LogP contribution < -0.4 is 21.2 Å². The van der Waals surface area contributed by atoms with Crippen LogP contribution in [0, 0.1) is 0 Å². The molecule has 1 saturated heterocycles. The number of likely N-dealkylation sites (N-methyl/N-ethyl adjacent to an activating group) is 1. The van der Waals surface area contributed by atoms with Gasteiger partial charge in [-0.3, -0.25) is 9.69 Å². The number of phenols is 1. The van der Waals surface area contributed by atoms with Gasteiger partial charge in [-0.1, -0.05) is 23.1 Å². The third-order valence-electron chi connectivity index (χ3n) is 5.15. The Morgan fingerprint density at radius 1 is 1.41 bits per heavy atom. The normalized spacial score (nSPS) is 15.4. The average Bonchev–Trinajstić information content (AvgIpc) is 3.38. The van der Waals surface area contributed by atoms with Gasteiger partial charge >= 0.3 is 0 Å². The van der Waals surface area contributed by atoms with Gasteiger partial charge in [-0.2, -0.15) is 9.78 Å². The first-order valence-corrected chi connectivity index (χ1v) is 9.81. The van der Waals surface area contributed by atoms with Gasteiger partial charge in [-0.15, -0.1) is 5.10 Å². The summed E-state index contributed by atoms with van der Waals surface area (Å²) < 4.78 is 6.01. The molecular formula is C18H22N10O4. The third kappa shape index (κ3) is 4.50. The number of rotatable bonds is 6. The Labute approximate surface area is 181 Å². The second-order valence-corrected chi connectivity index (χ2v) is 7.43. The number of aromatic nitrogens is 5. The second-order valence-electron chi connectivity index (χ2n) is 7.43. The van der Waals surface area contributed by atoms with Gasteiger partial charge in [0.05, 0.1) is 19.3 Å². The molecule has 1 fully saturated rings. The molecule has 0 atom stereocenters. The van der Waals surface area contributed by atoms with Crippen molar-refractivity contribution < 1.29 is 24.5 Å². The van der Waals surface area contributed by atoms with Crippen LogP contribution >= 0.6 is 0 Å². The average molecular weight is 442 g/mol. The zero-order valence-electron chi connectivity index (χ0n) is 17.2. The van der Waals surface area contributed by atoms with Crippen molar-refractivity contribution in [2.24, 2.45) is 5.10 Å². The molecule has 0 aliphatic carbocycles. The largest absolute Gasteiger partial charge is 0.870 e. The molecule has 1 aromatic carbocycles. The predicted octanol–water partition coefficient (Wildman–Crippen LogP) is -2.89. The summed E-state index contributed by atoms with van der Waals surface area (Å²) in [5, 5.41) is 40.0. The van der Waals surface area contributed by atoms with Gasteiger partial charge in [-0.25, -0.2) is 10.1 Å². The molecule has 3 heterocycles. The highest BCUT2D eigenvalue weighted by Gasteiger charge is 2.28. The zero-order valence-corrected chi connectivity index (χ0v) is 17.2. The minimum absolute atomic E-state index is 0.0242. The van der Waals surface area contributed by atoms with E-state index in [9.17, 15) is 15.0 Å². The number of nitrogens with zero attached hydrogens (tertiary/aromatic N) is 7. The molecule has 1 amide bonds. The topological polar surface area (TPSA) is 188 Å². The molecule has 0 radical (unpaired) electrons. The summed E-state index contributed by atoms with van der Waals surface area (Å²) in [6.07, 6.45) is 1.30. The van der Waals surface area contributed by atoms with E-state index >= 15 is 0 Å². The van der Waals surface area contributed by atoms with Crippen LogP contribution in [0.1, 0.15) is 21.7 Å². The van der Waals surface area contributed by atoms with Crippen LogP contribution in [0.5, 0.6) is 11.5 Å². The first kappa shape index (κ1) is 21.2. The lowest BCUT2D eigenvalue weighted by Crippen LogP contribution is -3.13. The number of phenolic OH excluding ortho intramolecular Hbond substituents is 1. The molecule has 0 unspecified atom stereocenters. The van der Waals surface area contributed by atoms with Crippen LogP contribution in [0.2, 0.25) is 0 Å². The molecule has 1 aliphatic heterocycles. The fraction of sp³-hybridized carbons (Fsp3) is 0.333. The number of hydrogen-bond acceptors (Lipinski definition) is 11. The van der Waals surface area contributed by atoms with E-state index in [2.05, 4.69) is 47.7 Å². The van der Waals surface area contributed by atoms with Crippen molar-refractivity contribution in [3.63, 3.8) is 0 Å². The van der Waals surface area contributed by atoms with E-state index < -0.39 is 17.4 Å². The number of aromatic hydroxyl groups is 1. The van der Waals surface area contributed by atoms with Gasteiger partial charge in [0.15, 0.2) is 5.69 Å². The Bertz CT molecular complexity index is 1130. The number of nitrogens with one attached hydrogen (secondary N) is 2. The minimum atomic E-state index is -0.587. The van der Waals surface area contributed by atoms with E-state index in [0.717, 1.165) is 26.2 Å². The predicted molar refractivity (Wildman–Crippen MR) is 108 cm³/mol. The molecule has 168 valence electrons. The third-order valence-corrected chi connectivity index (χ3v) is 5.15. The quantitative estimate of drug-likeness (QED) is 0.228. The van der Waals surface area contributed by atoms with Crippen LogP contribution in [-0.4, -0.2) is 80.7 Å². The molecule has 2 aromatic heterocycles. The summed E-state index contributed by atoms with van der Waals surface area (Å²) in [6.45, 7) is 4.06. The first-order chi connectivity index (χ1) is 15.4. The molecule has 0 spiro atoms. The lowest BCUT2D eigenvalue weighted by atomic mass is 10.2. The molecule has 32 heavy (non-hydrogen) atoms. The highest BCUT2D eigenvalue weighted by molar-refractivity contribution is 5.94. The maximum absolute atomic E-state index is 12.8. The standard InChI is InChI=1S/C18H22N10O4/c1-26-4-6-27(7-5-26)10-12-15(21-25-28(12)17-16(19)23-32-24-17)18(31)22-20-9-11-2-3-13(29)14(30)8-11/h2-3,8-9,29-30H,4-7,10H2,1H3,(H2,19,23)(H,22,31)/b20-9+. The van der Waals surface area contributed by atoms with Crippen LogP contribution in [0.15, 0.2) is 27.9 Å². The molecule has 14 nitrogen and oxygen atoms in total. The van der Waals surface area contributed by atoms with Gasteiger partial charge in [0.1, 0.15) is 18.0 Å². The van der Waals surface area contributed by atoms with Gasteiger partial charge in [0.2, 0.25) is 11.6 Å². The number of piperazine rings is 1. The van der Waals surface area contributed by atoms with Crippen molar-refractivity contribution in [2.45, 2.75) is 6.54 Å². The molecule has 1 aliphatic rings. The molecule has 14 heteroatoms. The number of amides is 1. The van der Waals surface area contributed by atoms with Crippen LogP contribution in [-0.2, 0) is 6.54 Å². The van der Waals surface area contributed by atoms with E-state index in [0.29, 0.717) is 17.8 Å². The Hall–Kier alpha value is -4.04. The number of quaternary nitrogens is 1. The van der Waals surface area contributed by atoms with Gasteiger partial charge in [0, 0.05) is 13.1 Å². The summed E-state index contributed by atoms with van der Waals surface area (Å²) in [5.41, 5.74) is 9.19. The van der Waals surface area contributed by atoms with Crippen molar-refractivity contribution in [2.75, 3.05) is 39.0 Å². The van der Waals surface area contributed by atoms with E-state index in [4.69, 9.17) is 5.73 Å². The molecule has 0 bridgehead atoms. The first-order valence-electron chi connectivity index (χ1n) is 9.81. The van der Waals surface area contributed by atoms with Crippen LogP contribution in [0.25, 0.3) is 5.82 Å². The van der Waals surface area contributed by atoms with Crippen molar-refractivity contribution in [3.05, 3.63) is 35.2 Å². The number of benzene rings is 1. The van der Waals surface area contributed by atoms with Crippen molar-refractivity contribution in [1.82, 2.24) is 35.6 Å². The zero-order chi connectivity index (χ0) is 22.7. The second kappa shape index (κ2) is 8.99. The number of hydrogen-bond donors (Lipinski definition) is 4. The molecule has 5 N–H and O–H groups in total. The minimum Gasteiger partial charge on any atom is -0.870 e. The summed E-state index contributed by atoms with van der Waals surface area (Å²) in [6, 6.07) is 3.92. The van der Waals surface area contributed by atoms with Crippen molar-refractivity contribution in [1.29, 1.82) is 0 Å². The van der Waals surface area contributed by atoms with Crippen molar-refractivity contribution in [3.8, 4) is 17.3 Å². The summed E-state index contributed by atoms with van der Waals surface area (Å²) >= 11 is 0. The SMILES string of the molecule is CN1CC[NH+](Cc2c(C(=O)N/N=C/c3ccc([O-])c(O)c3)nnn2-c2nonc2N)CC1. The van der Waals surface area contributed by atoms with E-state index in [-0.39, 0.29) is 17.3 Å². The fourth-order valence-electron chi connectivity index (χ4n) is 3.33. The van der Waals surface area contributed by atoms with Crippen LogP contribution in [0.4, 0.5) is 5.82 Å². The maximum Gasteiger partial charge on any atom is 0.294 e. The van der Waals surface area contributed by atoms with E-state index in [1.54, 1.807) is 0 Å². The van der Waals surface area contributed by atoms with E-state index in [1.165, 1.54) is 34.0 Å². The highest BCUT2D eigenvalue weighted by Crippen LogP contribution is 2.21. The Kier molecular flexibility index (Phi) is 5.96. The smallest absolute Gasteiger partial charge is 0.294 e. The Balaban J connectivity index is 1.56. The maximum atomic E-state index is 12.8. The van der Waals surface area contributed by atoms with Gasteiger partial charge in [0.25, 0.3) is 5.91 Å². The molecule has 0 saturated carbocycles. The summed E-state index contributed by atoms with van der Waals surface area (Å²) in [7, 11) is 2.06. The van der Waals surface area contributed by atoms with Gasteiger partial charge < -0.3 is 20.8 Å². The molecule has 4 rings (SSSR count).